The van der Waals surface area contributed by atoms with Gasteiger partial charge in [0.15, 0.2) is 0 Å². The van der Waals surface area contributed by atoms with Gasteiger partial charge in [0.05, 0.1) is 12.5 Å². The van der Waals surface area contributed by atoms with E-state index >= 15 is 0 Å². The molecule has 0 N–H and O–H groups in total. The van der Waals surface area contributed by atoms with E-state index in [1.165, 1.54) is 18.5 Å². The van der Waals surface area contributed by atoms with Crippen LogP contribution in [-0.4, -0.2) is 38.7 Å². The van der Waals surface area contributed by atoms with Crippen LogP contribution in [0.5, 0.6) is 0 Å². The number of carbonyl (C=O) groups excluding carboxylic acids is 1. The van der Waals surface area contributed by atoms with Gasteiger partial charge in [-0.2, -0.15) is 5.10 Å². The molecule has 1 aromatic heterocycles. The van der Waals surface area contributed by atoms with Crippen molar-refractivity contribution in [3.63, 3.8) is 0 Å². The lowest BCUT2D eigenvalue weighted by molar-refractivity contribution is -0.132. The lowest BCUT2D eigenvalue weighted by Gasteiger charge is -2.32. The number of nitrogens with zero attached hydrogens (tertiary/aromatic N) is 4. The smallest absolute Gasteiger partial charge is 0.227 e. The molecule has 1 aromatic carbocycles. The molecule has 0 aliphatic carbocycles. The maximum Gasteiger partial charge on any atom is 0.227 e. The largest absolute Gasteiger partial charge is 0.340 e. The lowest BCUT2D eigenvalue weighted by Crippen LogP contribution is -2.41. The zero-order chi connectivity index (χ0) is 14.7. The van der Waals surface area contributed by atoms with Crippen LogP contribution in [0.3, 0.4) is 0 Å². The first kappa shape index (κ1) is 13.7. The summed E-state index contributed by atoms with van der Waals surface area (Å²) < 4.78 is 15.0. The summed E-state index contributed by atoms with van der Waals surface area (Å²) in [5.74, 6) is -0.273. The molecule has 0 bridgehead atoms. The van der Waals surface area contributed by atoms with Crippen molar-refractivity contribution in [2.45, 2.75) is 25.3 Å². The number of aromatic nitrogens is 3. The van der Waals surface area contributed by atoms with Gasteiger partial charge < -0.3 is 4.90 Å². The molecule has 0 unspecified atom stereocenters. The maximum absolute atomic E-state index is 13.2. The summed E-state index contributed by atoms with van der Waals surface area (Å²) >= 11 is 0. The van der Waals surface area contributed by atoms with Crippen molar-refractivity contribution >= 4 is 5.91 Å². The predicted octanol–water partition coefficient (Wildman–Crippen LogP) is 1.82. The topological polar surface area (TPSA) is 51.0 Å². The Hall–Kier alpha value is -2.24. The average Bonchev–Trinajstić information content (AvgIpc) is 3.02. The number of piperidine rings is 1. The third-order valence-electron chi connectivity index (χ3n) is 3.80. The molecule has 1 amide bonds. The number of halogens is 1. The lowest BCUT2D eigenvalue weighted by atomic mass is 10.0. The minimum absolute atomic E-state index is 0.0328. The monoisotopic (exact) mass is 288 g/mol. The van der Waals surface area contributed by atoms with Crippen LogP contribution in [0.4, 0.5) is 4.39 Å². The van der Waals surface area contributed by atoms with Crippen molar-refractivity contribution in [1.82, 2.24) is 19.7 Å². The second-order valence-corrected chi connectivity index (χ2v) is 5.32. The quantitative estimate of drug-likeness (QED) is 0.865. The van der Waals surface area contributed by atoms with E-state index in [-0.39, 0.29) is 24.2 Å². The summed E-state index contributed by atoms with van der Waals surface area (Å²) in [6, 6.07) is 6.39. The highest BCUT2D eigenvalue weighted by Crippen LogP contribution is 2.21. The van der Waals surface area contributed by atoms with E-state index in [0.717, 1.165) is 19.4 Å². The van der Waals surface area contributed by atoms with Crippen LogP contribution in [-0.2, 0) is 11.2 Å². The summed E-state index contributed by atoms with van der Waals surface area (Å²) in [6.45, 7) is 1.39. The van der Waals surface area contributed by atoms with Gasteiger partial charge in [-0.15, -0.1) is 0 Å². The van der Waals surface area contributed by atoms with Crippen molar-refractivity contribution in [1.29, 1.82) is 0 Å². The highest BCUT2D eigenvalue weighted by atomic mass is 19.1. The highest BCUT2D eigenvalue weighted by molar-refractivity contribution is 5.78. The molecular formula is C15H17FN4O. The molecule has 2 heterocycles. The second-order valence-electron chi connectivity index (χ2n) is 5.32. The Morgan fingerprint density at radius 2 is 2.33 bits per heavy atom. The zero-order valence-electron chi connectivity index (χ0n) is 11.7. The van der Waals surface area contributed by atoms with Crippen molar-refractivity contribution in [2.75, 3.05) is 13.1 Å². The van der Waals surface area contributed by atoms with Gasteiger partial charge in [-0.1, -0.05) is 12.1 Å². The fourth-order valence-corrected chi connectivity index (χ4v) is 2.74. The van der Waals surface area contributed by atoms with Gasteiger partial charge in [0.2, 0.25) is 5.91 Å². The Bertz CT molecular complexity index is 614. The van der Waals surface area contributed by atoms with E-state index in [9.17, 15) is 9.18 Å². The van der Waals surface area contributed by atoms with Crippen molar-refractivity contribution < 1.29 is 9.18 Å². The number of likely N-dealkylation sites (tertiary alicyclic amines) is 1. The molecule has 0 saturated carbocycles. The number of hydrogen-bond acceptors (Lipinski definition) is 3. The summed E-state index contributed by atoms with van der Waals surface area (Å²) in [6.07, 6.45) is 5.37. The van der Waals surface area contributed by atoms with Crippen LogP contribution in [0.25, 0.3) is 0 Å². The number of carbonyl (C=O) groups is 1. The molecule has 1 saturated heterocycles. The first-order valence-electron chi connectivity index (χ1n) is 7.09. The van der Waals surface area contributed by atoms with E-state index in [2.05, 4.69) is 10.1 Å². The van der Waals surface area contributed by atoms with Gasteiger partial charge in [0, 0.05) is 13.1 Å². The normalized spacial score (nSPS) is 18.7. The molecule has 21 heavy (non-hydrogen) atoms. The van der Waals surface area contributed by atoms with Crippen molar-refractivity contribution in [3.8, 4) is 0 Å². The molecule has 2 aromatic rings. The molecule has 5 nitrogen and oxygen atoms in total. The molecule has 1 fully saturated rings. The molecule has 6 heteroatoms. The minimum Gasteiger partial charge on any atom is -0.340 e. The molecule has 1 atom stereocenters. The number of hydrogen-bond donors (Lipinski definition) is 0. The van der Waals surface area contributed by atoms with Gasteiger partial charge in [-0.3, -0.25) is 4.79 Å². The standard InChI is InChI=1S/C15H17FN4O/c16-13-4-1-3-12(7-13)8-15(21)19-6-2-5-14(9-19)20-11-17-10-18-20/h1,3-4,7,10-11,14H,2,5-6,8-9H2/t14-/m0/s1. The fourth-order valence-electron chi connectivity index (χ4n) is 2.74. The van der Waals surface area contributed by atoms with Crippen LogP contribution in [0.1, 0.15) is 24.4 Å². The predicted molar refractivity (Wildman–Crippen MR) is 75.0 cm³/mol. The molecule has 0 radical (unpaired) electrons. The van der Waals surface area contributed by atoms with Crippen LogP contribution in [0.2, 0.25) is 0 Å². The third-order valence-corrected chi connectivity index (χ3v) is 3.80. The van der Waals surface area contributed by atoms with Crippen LogP contribution < -0.4 is 0 Å². The Morgan fingerprint density at radius 1 is 1.43 bits per heavy atom. The Morgan fingerprint density at radius 3 is 3.10 bits per heavy atom. The van der Waals surface area contributed by atoms with Crippen LogP contribution >= 0.6 is 0 Å². The van der Waals surface area contributed by atoms with E-state index in [4.69, 9.17) is 0 Å². The number of benzene rings is 1. The van der Waals surface area contributed by atoms with Gasteiger partial charge in [0.25, 0.3) is 0 Å². The van der Waals surface area contributed by atoms with Crippen LogP contribution in [0, 0.1) is 5.82 Å². The van der Waals surface area contributed by atoms with Crippen LogP contribution in [0.15, 0.2) is 36.9 Å². The van der Waals surface area contributed by atoms with Crippen molar-refractivity contribution in [3.05, 3.63) is 48.3 Å². The van der Waals surface area contributed by atoms with E-state index in [1.807, 2.05) is 9.58 Å². The molecule has 110 valence electrons. The average molecular weight is 288 g/mol. The van der Waals surface area contributed by atoms with E-state index < -0.39 is 0 Å². The third kappa shape index (κ3) is 3.26. The molecule has 1 aliphatic heterocycles. The Labute approximate surface area is 122 Å². The van der Waals surface area contributed by atoms with Crippen molar-refractivity contribution in [2.24, 2.45) is 0 Å². The van der Waals surface area contributed by atoms with Gasteiger partial charge in [0.1, 0.15) is 18.5 Å². The number of amides is 1. The first-order valence-corrected chi connectivity index (χ1v) is 7.09. The fraction of sp³-hybridized carbons (Fsp3) is 0.400. The molecular weight excluding hydrogens is 271 g/mol. The van der Waals surface area contributed by atoms with E-state index in [0.29, 0.717) is 12.1 Å². The first-order chi connectivity index (χ1) is 10.2. The maximum atomic E-state index is 13.2. The molecule has 3 rings (SSSR count). The highest BCUT2D eigenvalue weighted by Gasteiger charge is 2.25. The summed E-state index contributed by atoms with van der Waals surface area (Å²) in [5.41, 5.74) is 0.711. The van der Waals surface area contributed by atoms with Gasteiger partial charge >= 0.3 is 0 Å². The summed E-state index contributed by atoms with van der Waals surface area (Å²) in [7, 11) is 0. The second kappa shape index (κ2) is 6.03. The Kier molecular flexibility index (Phi) is 3.94. The molecule has 0 spiro atoms. The summed E-state index contributed by atoms with van der Waals surface area (Å²) in [5, 5.41) is 4.15. The Balaban J connectivity index is 1.64. The SMILES string of the molecule is O=C(Cc1cccc(F)c1)N1CCC[C@H](n2cncn2)C1. The molecule has 1 aliphatic rings. The zero-order valence-corrected chi connectivity index (χ0v) is 11.7. The number of rotatable bonds is 3. The summed E-state index contributed by atoms with van der Waals surface area (Å²) in [4.78, 5) is 18.1. The van der Waals surface area contributed by atoms with E-state index in [1.54, 1.807) is 18.5 Å². The van der Waals surface area contributed by atoms with Gasteiger partial charge in [-0.05, 0) is 30.5 Å². The van der Waals surface area contributed by atoms with Gasteiger partial charge in [-0.25, -0.2) is 14.1 Å². The minimum atomic E-state index is -0.306.